The average Bonchev–Trinajstić information content (AvgIpc) is 2.55. The second kappa shape index (κ2) is 6.42. The van der Waals surface area contributed by atoms with Crippen molar-refractivity contribution < 1.29 is 4.39 Å². The Morgan fingerprint density at radius 3 is 2.35 bits per heavy atom. The standard InChI is InChI=1S/C20H21FN2/c1-14-7-9-23(10-8-14)20-12-17(11-15(2)19(20)13-22)16-3-5-18(21)6-4-16/h3-6,11-12,14H,7-10H2,1-2H3. The zero-order chi connectivity index (χ0) is 16.4. The van der Waals surface area contributed by atoms with Gasteiger partial charge in [0, 0.05) is 13.1 Å². The van der Waals surface area contributed by atoms with Crippen molar-refractivity contribution in [3.05, 3.63) is 53.3 Å². The highest BCUT2D eigenvalue weighted by Crippen LogP contribution is 2.33. The van der Waals surface area contributed by atoms with Gasteiger partial charge in [-0.25, -0.2) is 4.39 Å². The predicted molar refractivity (Wildman–Crippen MR) is 91.9 cm³/mol. The fraction of sp³-hybridized carbons (Fsp3) is 0.350. The van der Waals surface area contributed by atoms with Gasteiger partial charge in [-0.3, -0.25) is 0 Å². The first-order chi connectivity index (χ1) is 11.1. The molecule has 0 radical (unpaired) electrons. The number of hydrogen-bond donors (Lipinski definition) is 0. The molecule has 0 N–H and O–H groups in total. The van der Waals surface area contributed by atoms with Crippen LogP contribution in [0.4, 0.5) is 10.1 Å². The van der Waals surface area contributed by atoms with Crippen LogP contribution in [0.2, 0.25) is 0 Å². The molecule has 1 aliphatic rings. The summed E-state index contributed by atoms with van der Waals surface area (Å²) in [4.78, 5) is 2.32. The fourth-order valence-corrected chi connectivity index (χ4v) is 3.22. The predicted octanol–water partition coefficient (Wildman–Crippen LogP) is 4.91. The van der Waals surface area contributed by atoms with Crippen LogP contribution < -0.4 is 4.90 Å². The van der Waals surface area contributed by atoms with Gasteiger partial charge >= 0.3 is 0 Å². The van der Waals surface area contributed by atoms with E-state index in [9.17, 15) is 9.65 Å². The molecule has 0 spiro atoms. The van der Waals surface area contributed by atoms with E-state index in [4.69, 9.17) is 0 Å². The maximum absolute atomic E-state index is 13.2. The molecule has 3 heteroatoms. The van der Waals surface area contributed by atoms with E-state index >= 15 is 0 Å². The Bertz CT molecular complexity index is 735. The molecule has 2 aromatic carbocycles. The van der Waals surface area contributed by atoms with Crippen LogP contribution in [0.1, 0.15) is 30.9 Å². The van der Waals surface area contributed by atoms with E-state index in [1.54, 1.807) is 12.1 Å². The fourth-order valence-electron chi connectivity index (χ4n) is 3.22. The second-order valence-corrected chi connectivity index (χ2v) is 6.48. The molecule has 1 aliphatic heterocycles. The Hall–Kier alpha value is -2.34. The molecule has 3 rings (SSSR count). The zero-order valence-corrected chi connectivity index (χ0v) is 13.6. The molecule has 23 heavy (non-hydrogen) atoms. The van der Waals surface area contributed by atoms with Gasteiger partial charge in [0.15, 0.2) is 0 Å². The topological polar surface area (TPSA) is 27.0 Å². The van der Waals surface area contributed by atoms with E-state index in [0.29, 0.717) is 0 Å². The van der Waals surface area contributed by atoms with Crippen LogP contribution in [-0.2, 0) is 0 Å². The first kappa shape index (κ1) is 15.6. The maximum Gasteiger partial charge on any atom is 0.123 e. The van der Waals surface area contributed by atoms with Gasteiger partial charge in [-0.2, -0.15) is 5.26 Å². The SMILES string of the molecule is Cc1cc(-c2ccc(F)cc2)cc(N2CCC(C)CC2)c1C#N. The third kappa shape index (κ3) is 3.22. The molecule has 1 fully saturated rings. The summed E-state index contributed by atoms with van der Waals surface area (Å²) in [6.07, 6.45) is 2.31. The van der Waals surface area contributed by atoms with Crippen LogP contribution in [0.3, 0.4) is 0 Å². The molecule has 1 heterocycles. The Morgan fingerprint density at radius 1 is 1.09 bits per heavy atom. The van der Waals surface area contributed by atoms with Crippen LogP contribution >= 0.6 is 0 Å². The number of anilines is 1. The molecule has 118 valence electrons. The average molecular weight is 308 g/mol. The number of aryl methyl sites for hydroxylation is 1. The minimum atomic E-state index is -0.232. The summed E-state index contributed by atoms with van der Waals surface area (Å²) in [5, 5.41) is 9.55. The van der Waals surface area contributed by atoms with E-state index in [-0.39, 0.29) is 5.82 Å². The van der Waals surface area contributed by atoms with Crippen molar-refractivity contribution in [3.8, 4) is 17.2 Å². The molecule has 0 aromatic heterocycles. The summed E-state index contributed by atoms with van der Waals surface area (Å²) in [5.41, 5.74) is 4.76. The quantitative estimate of drug-likeness (QED) is 0.788. The number of piperidine rings is 1. The number of nitrogens with zero attached hydrogens (tertiary/aromatic N) is 2. The van der Waals surface area contributed by atoms with E-state index < -0.39 is 0 Å². The van der Waals surface area contributed by atoms with Crippen molar-refractivity contribution >= 4 is 5.69 Å². The Balaban J connectivity index is 2.03. The smallest absolute Gasteiger partial charge is 0.123 e. The first-order valence-corrected chi connectivity index (χ1v) is 8.14. The number of nitriles is 1. The molecular weight excluding hydrogens is 287 g/mol. The molecule has 0 amide bonds. The first-order valence-electron chi connectivity index (χ1n) is 8.14. The Labute approximate surface area is 137 Å². The van der Waals surface area contributed by atoms with Crippen molar-refractivity contribution in [1.82, 2.24) is 0 Å². The van der Waals surface area contributed by atoms with Crippen molar-refractivity contribution in [2.75, 3.05) is 18.0 Å². The minimum Gasteiger partial charge on any atom is -0.370 e. The molecule has 0 saturated carbocycles. The molecular formula is C20H21FN2. The molecule has 1 saturated heterocycles. The van der Waals surface area contributed by atoms with Crippen LogP contribution in [0.15, 0.2) is 36.4 Å². The lowest BCUT2D eigenvalue weighted by molar-refractivity contribution is 0.438. The Kier molecular flexibility index (Phi) is 4.34. The minimum absolute atomic E-state index is 0.232. The van der Waals surface area contributed by atoms with E-state index in [1.165, 1.54) is 12.1 Å². The van der Waals surface area contributed by atoms with Crippen molar-refractivity contribution in [3.63, 3.8) is 0 Å². The van der Waals surface area contributed by atoms with Crippen molar-refractivity contribution in [2.24, 2.45) is 5.92 Å². The Morgan fingerprint density at radius 2 is 1.74 bits per heavy atom. The summed E-state index contributed by atoms with van der Waals surface area (Å²) in [5.74, 6) is 0.516. The van der Waals surface area contributed by atoms with Crippen LogP contribution in [0.25, 0.3) is 11.1 Å². The largest absolute Gasteiger partial charge is 0.370 e. The highest BCUT2D eigenvalue weighted by Gasteiger charge is 2.20. The van der Waals surface area contributed by atoms with E-state index in [2.05, 4.69) is 24.0 Å². The number of hydrogen-bond acceptors (Lipinski definition) is 2. The maximum atomic E-state index is 13.2. The molecule has 0 bridgehead atoms. The van der Waals surface area contributed by atoms with Gasteiger partial charge in [0.2, 0.25) is 0 Å². The van der Waals surface area contributed by atoms with Gasteiger partial charge in [-0.15, -0.1) is 0 Å². The molecule has 2 nitrogen and oxygen atoms in total. The highest BCUT2D eigenvalue weighted by molar-refractivity contribution is 5.74. The highest BCUT2D eigenvalue weighted by atomic mass is 19.1. The zero-order valence-electron chi connectivity index (χ0n) is 13.6. The lowest BCUT2D eigenvalue weighted by Gasteiger charge is -2.33. The van der Waals surface area contributed by atoms with Crippen LogP contribution in [-0.4, -0.2) is 13.1 Å². The second-order valence-electron chi connectivity index (χ2n) is 6.48. The monoisotopic (exact) mass is 308 g/mol. The summed E-state index contributed by atoms with van der Waals surface area (Å²) in [6.45, 7) is 6.23. The van der Waals surface area contributed by atoms with Gasteiger partial charge in [-0.05, 0) is 66.6 Å². The molecule has 0 atom stereocenters. The van der Waals surface area contributed by atoms with Gasteiger partial charge in [0.1, 0.15) is 11.9 Å². The van der Waals surface area contributed by atoms with Crippen LogP contribution in [0.5, 0.6) is 0 Å². The van der Waals surface area contributed by atoms with Gasteiger partial charge in [0.25, 0.3) is 0 Å². The number of halogens is 1. The normalized spacial score (nSPS) is 15.5. The van der Waals surface area contributed by atoms with Crippen LogP contribution in [0, 0.1) is 30.0 Å². The van der Waals surface area contributed by atoms with E-state index in [0.717, 1.165) is 59.8 Å². The van der Waals surface area contributed by atoms with E-state index in [1.807, 2.05) is 13.0 Å². The molecule has 0 unspecified atom stereocenters. The lowest BCUT2D eigenvalue weighted by atomic mass is 9.94. The lowest BCUT2D eigenvalue weighted by Crippen LogP contribution is -2.33. The van der Waals surface area contributed by atoms with Gasteiger partial charge < -0.3 is 4.90 Å². The van der Waals surface area contributed by atoms with Crippen molar-refractivity contribution in [1.29, 1.82) is 5.26 Å². The molecule has 0 aliphatic carbocycles. The summed E-state index contributed by atoms with van der Waals surface area (Å²) < 4.78 is 13.2. The summed E-state index contributed by atoms with van der Waals surface area (Å²) >= 11 is 0. The number of rotatable bonds is 2. The third-order valence-corrected chi connectivity index (χ3v) is 4.73. The van der Waals surface area contributed by atoms with Gasteiger partial charge in [-0.1, -0.05) is 19.1 Å². The summed E-state index contributed by atoms with van der Waals surface area (Å²) in [6, 6.07) is 13.0. The molecule has 2 aromatic rings. The van der Waals surface area contributed by atoms with Crippen molar-refractivity contribution in [2.45, 2.75) is 26.7 Å². The van der Waals surface area contributed by atoms with Gasteiger partial charge in [0.05, 0.1) is 11.3 Å². The third-order valence-electron chi connectivity index (χ3n) is 4.73. The number of benzene rings is 2. The summed E-state index contributed by atoms with van der Waals surface area (Å²) in [7, 11) is 0.